The van der Waals surface area contributed by atoms with Crippen molar-refractivity contribution in [2.24, 2.45) is 11.7 Å². The predicted octanol–water partition coefficient (Wildman–Crippen LogP) is 3.25. The number of hydrogen-bond donors (Lipinski definition) is 1. The Morgan fingerprint density at radius 3 is 2.77 bits per heavy atom. The fourth-order valence-electron chi connectivity index (χ4n) is 3.19. The summed E-state index contributed by atoms with van der Waals surface area (Å²) < 4.78 is 5.79. The van der Waals surface area contributed by atoms with Crippen LogP contribution in [-0.2, 0) is 0 Å². The summed E-state index contributed by atoms with van der Waals surface area (Å²) in [5.41, 5.74) is 9.17. The van der Waals surface area contributed by atoms with Gasteiger partial charge >= 0.3 is 0 Å². The summed E-state index contributed by atoms with van der Waals surface area (Å²) in [5.74, 6) is 0.800. The first-order valence-corrected chi connectivity index (χ1v) is 8.01. The van der Waals surface area contributed by atoms with Crippen molar-refractivity contribution in [2.45, 2.75) is 39.7 Å². The van der Waals surface area contributed by atoms with Gasteiger partial charge in [-0.25, -0.2) is 0 Å². The minimum atomic E-state index is -0.0168. The zero-order valence-corrected chi connectivity index (χ0v) is 13.6. The number of likely N-dealkylation sites (tertiary alicyclic amines) is 1. The van der Waals surface area contributed by atoms with Gasteiger partial charge in [0.25, 0.3) is 5.91 Å². The smallest absolute Gasteiger partial charge is 0.289 e. The van der Waals surface area contributed by atoms with E-state index in [1.54, 1.807) is 0 Å². The maximum absolute atomic E-state index is 12.7. The van der Waals surface area contributed by atoms with E-state index in [1.165, 1.54) is 11.1 Å². The van der Waals surface area contributed by atoms with Crippen LogP contribution in [-0.4, -0.2) is 29.9 Å². The molecule has 2 atom stereocenters. The summed E-state index contributed by atoms with van der Waals surface area (Å²) in [4.78, 5) is 14.6. The highest BCUT2D eigenvalue weighted by molar-refractivity contribution is 5.96. The van der Waals surface area contributed by atoms with E-state index in [-0.39, 0.29) is 11.9 Å². The van der Waals surface area contributed by atoms with E-state index in [2.05, 4.69) is 19.9 Å². The normalized spacial score (nSPS) is 20.4. The average molecular weight is 300 g/mol. The van der Waals surface area contributed by atoms with E-state index >= 15 is 0 Å². The summed E-state index contributed by atoms with van der Waals surface area (Å²) in [6.07, 6.45) is 2.11. The van der Waals surface area contributed by atoms with Gasteiger partial charge in [-0.05, 0) is 68.9 Å². The van der Waals surface area contributed by atoms with Crippen molar-refractivity contribution in [3.8, 4) is 0 Å². The van der Waals surface area contributed by atoms with Crippen LogP contribution in [0.2, 0.25) is 0 Å². The molecule has 2 heterocycles. The molecule has 1 saturated heterocycles. The molecule has 3 rings (SSSR count). The SMILES string of the molecule is Cc1cc2cc(C(=O)N3CCC[C@@H]([C@@H](C)N)C3)oc2cc1C. The van der Waals surface area contributed by atoms with E-state index in [9.17, 15) is 4.79 Å². The Bertz CT molecular complexity index is 663. The highest BCUT2D eigenvalue weighted by Gasteiger charge is 2.28. The molecule has 0 saturated carbocycles. The summed E-state index contributed by atoms with van der Waals surface area (Å²) in [6.45, 7) is 7.66. The van der Waals surface area contributed by atoms with Crippen molar-refractivity contribution in [1.82, 2.24) is 4.90 Å². The number of benzene rings is 1. The summed E-state index contributed by atoms with van der Waals surface area (Å²) in [7, 11) is 0. The molecule has 1 fully saturated rings. The van der Waals surface area contributed by atoms with Crippen molar-refractivity contribution in [3.05, 3.63) is 35.1 Å². The number of aryl methyl sites for hydroxylation is 2. The highest BCUT2D eigenvalue weighted by atomic mass is 16.3. The Morgan fingerprint density at radius 1 is 1.32 bits per heavy atom. The van der Waals surface area contributed by atoms with E-state index in [4.69, 9.17) is 10.2 Å². The van der Waals surface area contributed by atoms with Crippen molar-refractivity contribution < 1.29 is 9.21 Å². The number of furan rings is 1. The zero-order chi connectivity index (χ0) is 15.9. The molecule has 1 amide bonds. The van der Waals surface area contributed by atoms with E-state index in [0.717, 1.165) is 36.9 Å². The number of rotatable bonds is 2. The minimum absolute atomic E-state index is 0.0168. The number of nitrogens with zero attached hydrogens (tertiary/aromatic N) is 1. The second kappa shape index (κ2) is 5.76. The lowest BCUT2D eigenvalue weighted by Crippen LogP contribution is -2.44. The second-order valence-electron chi connectivity index (χ2n) is 6.60. The molecule has 0 spiro atoms. The van der Waals surface area contributed by atoms with Crippen LogP contribution >= 0.6 is 0 Å². The zero-order valence-electron chi connectivity index (χ0n) is 13.6. The van der Waals surface area contributed by atoms with Crippen molar-refractivity contribution in [2.75, 3.05) is 13.1 Å². The van der Waals surface area contributed by atoms with E-state index in [1.807, 2.05) is 24.0 Å². The third-order valence-electron chi connectivity index (χ3n) is 4.83. The second-order valence-corrected chi connectivity index (χ2v) is 6.60. The quantitative estimate of drug-likeness (QED) is 0.926. The first kappa shape index (κ1) is 15.1. The standard InChI is InChI=1S/C18H24N2O2/c1-11-7-15-9-17(22-16(15)8-12(11)2)18(21)20-6-4-5-14(10-20)13(3)19/h7-9,13-14H,4-6,10,19H2,1-3H3/t13-,14-/m1/s1. The van der Waals surface area contributed by atoms with Crippen LogP contribution in [0.25, 0.3) is 11.0 Å². The maximum Gasteiger partial charge on any atom is 0.289 e. The number of piperidine rings is 1. The Hall–Kier alpha value is -1.81. The summed E-state index contributed by atoms with van der Waals surface area (Å²) in [5, 5.41) is 0.993. The molecule has 0 bridgehead atoms. The fourth-order valence-corrected chi connectivity index (χ4v) is 3.19. The van der Waals surface area contributed by atoms with Gasteiger partial charge in [-0.2, -0.15) is 0 Å². The molecule has 2 N–H and O–H groups in total. The van der Waals surface area contributed by atoms with Crippen LogP contribution in [0.3, 0.4) is 0 Å². The molecule has 1 aliphatic rings. The summed E-state index contributed by atoms with van der Waals surface area (Å²) >= 11 is 0. The topological polar surface area (TPSA) is 59.5 Å². The van der Waals surface area contributed by atoms with Gasteiger partial charge in [0.15, 0.2) is 5.76 Å². The van der Waals surface area contributed by atoms with Gasteiger partial charge in [0.05, 0.1) is 0 Å². The van der Waals surface area contributed by atoms with Crippen molar-refractivity contribution >= 4 is 16.9 Å². The molecular weight excluding hydrogens is 276 g/mol. The third kappa shape index (κ3) is 2.75. The van der Waals surface area contributed by atoms with Gasteiger partial charge in [0.2, 0.25) is 0 Å². The fraction of sp³-hybridized carbons (Fsp3) is 0.500. The van der Waals surface area contributed by atoms with Gasteiger partial charge < -0.3 is 15.1 Å². The first-order chi connectivity index (χ1) is 10.5. The Balaban J connectivity index is 1.85. The largest absolute Gasteiger partial charge is 0.451 e. The van der Waals surface area contributed by atoms with Gasteiger partial charge in [-0.3, -0.25) is 4.79 Å². The van der Waals surface area contributed by atoms with Crippen LogP contribution in [0.1, 0.15) is 41.4 Å². The number of amides is 1. The van der Waals surface area contributed by atoms with Crippen LogP contribution in [0.15, 0.2) is 22.6 Å². The van der Waals surface area contributed by atoms with Gasteiger partial charge in [-0.15, -0.1) is 0 Å². The monoisotopic (exact) mass is 300 g/mol. The average Bonchev–Trinajstić information content (AvgIpc) is 2.89. The molecule has 0 radical (unpaired) electrons. The number of fused-ring (bicyclic) bond motifs is 1. The Kier molecular flexibility index (Phi) is 3.96. The van der Waals surface area contributed by atoms with Crippen LogP contribution < -0.4 is 5.73 Å². The van der Waals surface area contributed by atoms with Crippen LogP contribution in [0.5, 0.6) is 0 Å². The van der Waals surface area contributed by atoms with Gasteiger partial charge in [0.1, 0.15) is 5.58 Å². The van der Waals surface area contributed by atoms with E-state index in [0.29, 0.717) is 11.7 Å². The Morgan fingerprint density at radius 2 is 2.05 bits per heavy atom. The lowest BCUT2D eigenvalue weighted by Gasteiger charge is -2.34. The maximum atomic E-state index is 12.7. The van der Waals surface area contributed by atoms with Crippen LogP contribution in [0.4, 0.5) is 0 Å². The van der Waals surface area contributed by atoms with Gasteiger partial charge in [-0.1, -0.05) is 0 Å². The van der Waals surface area contributed by atoms with Crippen molar-refractivity contribution in [3.63, 3.8) is 0 Å². The molecule has 118 valence electrons. The lowest BCUT2D eigenvalue weighted by molar-refractivity contribution is 0.0631. The molecule has 22 heavy (non-hydrogen) atoms. The molecule has 0 aliphatic carbocycles. The molecule has 2 aromatic rings. The molecule has 1 aromatic heterocycles. The molecule has 1 aromatic carbocycles. The molecular formula is C18H24N2O2. The number of carbonyl (C=O) groups excluding carboxylic acids is 1. The number of nitrogens with two attached hydrogens (primary N) is 1. The molecule has 4 nitrogen and oxygen atoms in total. The van der Waals surface area contributed by atoms with Crippen molar-refractivity contribution in [1.29, 1.82) is 0 Å². The molecule has 0 unspecified atom stereocenters. The van der Waals surface area contributed by atoms with E-state index < -0.39 is 0 Å². The number of hydrogen-bond acceptors (Lipinski definition) is 3. The minimum Gasteiger partial charge on any atom is -0.451 e. The third-order valence-corrected chi connectivity index (χ3v) is 4.83. The lowest BCUT2D eigenvalue weighted by atomic mass is 9.92. The molecule has 1 aliphatic heterocycles. The predicted molar refractivity (Wildman–Crippen MR) is 88.0 cm³/mol. The Labute approximate surface area is 131 Å². The van der Waals surface area contributed by atoms with Gasteiger partial charge in [0, 0.05) is 24.5 Å². The molecule has 4 heteroatoms. The number of carbonyl (C=O) groups is 1. The first-order valence-electron chi connectivity index (χ1n) is 8.01. The summed E-state index contributed by atoms with van der Waals surface area (Å²) in [6, 6.07) is 6.06. The highest BCUT2D eigenvalue weighted by Crippen LogP contribution is 2.26. The van der Waals surface area contributed by atoms with Crippen LogP contribution in [0, 0.1) is 19.8 Å².